The van der Waals surface area contributed by atoms with Crippen LogP contribution in [0.5, 0.6) is 52.5 Å². The van der Waals surface area contributed by atoms with Crippen molar-refractivity contribution in [3.63, 3.8) is 0 Å². The summed E-state index contributed by atoms with van der Waals surface area (Å²) in [5.74, 6) is 4.50. The first kappa shape index (κ1) is 77.6. The van der Waals surface area contributed by atoms with E-state index in [0.717, 1.165) is 100 Å². The summed E-state index contributed by atoms with van der Waals surface area (Å²) in [5.41, 5.74) is 1.55. The average molecular weight is 1420 g/mol. The van der Waals surface area contributed by atoms with Crippen LogP contribution in [0.15, 0.2) is 80.2 Å². The van der Waals surface area contributed by atoms with Gasteiger partial charge in [0.2, 0.25) is 35.3 Å². The third-order valence-electron chi connectivity index (χ3n) is 16.9. The molecule has 0 N–H and O–H groups in total. The van der Waals surface area contributed by atoms with Crippen molar-refractivity contribution in [1.29, 1.82) is 0 Å². The number of halogens is 1. The molecule has 6 aliphatic rings. The molecule has 0 radical (unpaired) electrons. The maximum absolute atomic E-state index is 12.7. The maximum atomic E-state index is 12.7. The molecule has 26 heteroatoms. The van der Waals surface area contributed by atoms with Crippen molar-refractivity contribution in [3.05, 3.63) is 122 Å². The quantitative estimate of drug-likeness (QED) is 0.0450. The van der Waals surface area contributed by atoms with E-state index in [1.54, 1.807) is 56.8 Å². The van der Waals surface area contributed by atoms with Gasteiger partial charge in [-0.15, -0.1) is 0 Å². The predicted molar refractivity (Wildman–Crippen MR) is 365 cm³/mol. The van der Waals surface area contributed by atoms with Crippen LogP contribution in [0.25, 0.3) is 0 Å². The number of aryl methyl sites for hydroxylation is 1. The number of nitrogens with zero attached hydrogens (tertiary/aromatic N) is 12. The molecule has 6 atom stereocenters. The van der Waals surface area contributed by atoms with Gasteiger partial charge >= 0.3 is 37.8 Å². The number of carbonyl (C=O) groups excluding carboxylic acids is 3. The van der Waals surface area contributed by atoms with E-state index >= 15 is 0 Å². The molecule has 6 aromatic heterocycles. The molecule has 24 nitrogen and oxygen atoms in total. The second-order valence-electron chi connectivity index (χ2n) is 27.4. The predicted octanol–water partition coefficient (Wildman–Crippen LogP) is 15.7. The van der Waals surface area contributed by atoms with Gasteiger partial charge in [-0.3, -0.25) is 9.97 Å². The third-order valence-corrected chi connectivity index (χ3v) is 17.1. The average Bonchev–Trinajstić information content (AvgIpc) is 1.51. The van der Waals surface area contributed by atoms with E-state index in [-0.39, 0.29) is 97.5 Å². The minimum atomic E-state index is -0.504. The molecule has 0 saturated carbocycles. The standard InChI is InChI=1S/C24H32N4O4.C22H27ClN4O4.C22H28N4O4.2C2H5.Zn/c1-6-19-20(8-7-11-25-19)31-22-15(2)21(26-14-27-22)30-18-12-16-9-10-17(13-18)28(16)23(29)32-24(3,4)5;1-13-19(25-12-26-20(13)30-17-6-5-9-24-18(17)23)29-16-10-14-7-8-15(11-16)27(14)21(28)31-22(2,3)4;1-14-19(28-17-6-5-9-23-12-17)24-13-25-20(14)29-18-10-15-7-8-16(11-18)26(15)21(27)30-22(2,3)4;2*1-2;/h7-8,11,14,16-18H,6,9-10,12-13H2,1-5H3;5-6,9,12,14-16H,7-8,10-11H2,1-4H3;5-6,9,12-13,15-16,18H,7-8,10-11H2,1-4H3;2*1H2,2H3;/q;;;2*-1;+2. The molecule has 12 heterocycles. The molecule has 12 rings (SSSR count). The van der Waals surface area contributed by atoms with Crippen LogP contribution < -0.4 is 28.4 Å². The number of amides is 3. The van der Waals surface area contributed by atoms with Crippen LogP contribution in [0, 0.1) is 34.6 Å². The fraction of sp³-hybridized carbons (Fsp3) is 0.556. The fourth-order valence-electron chi connectivity index (χ4n) is 12.9. The van der Waals surface area contributed by atoms with Crippen molar-refractivity contribution in [2.75, 3.05) is 0 Å². The molecule has 6 saturated heterocycles. The van der Waals surface area contributed by atoms with E-state index in [1.807, 2.05) is 123 Å². The van der Waals surface area contributed by atoms with E-state index in [1.165, 1.54) is 19.0 Å². The van der Waals surface area contributed by atoms with Gasteiger partial charge in [-0.05, 0) is 164 Å². The second-order valence-corrected chi connectivity index (χ2v) is 27.7. The van der Waals surface area contributed by atoms with Gasteiger partial charge in [0.05, 0.1) is 28.6 Å². The number of piperidine rings is 3. The summed E-state index contributed by atoms with van der Waals surface area (Å²) in [6.07, 6.45) is 21.3. The van der Waals surface area contributed by atoms with Gasteiger partial charge in [0, 0.05) is 93.4 Å². The summed E-state index contributed by atoms with van der Waals surface area (Å²) in [6, 6.07) is 11.6. The Hall–Kier alpha value is -7.79. The zero-order valence-corrected chi connectivity index (χ0v) is 63.4. The van der Waals surface area contributed by atoms with Crippen LogP contribution in [-0.2, 0) is 40.1 Å². The SMILES string of the molecule is CCc1ncccc1Oc1ncnc(OC2CC3CCC(C2)N3C(=O)OC(C)(C)C)c1C.Cc1c(Oc2cccnc2)ncnc1OC1CC2CCC(C1)N2C(=O)OC(C)(C)C.Cc1c(Oc2cccnc2Cl)ncnc1OC1CC2CCC(C1)N2C(=O)OC(C)(C)C.[CH2-]C.[CH2-]C.[Zn+2]. The monoisotopic (exact) mass is 1420 g/mol. The van der Waals surface area contributed by atoms with E-state index in [2.05, 4.69) is 58.7 Å². The Morgan fingerprint density at radius 3 is 1.10 bits per heavy atom. The molecule has 3 amide bonds. The third kappa shape index (κ3) is 20.7. The van der Waals surface area contributed by atoms with E-state index < -0.39 is 16.8 Å². The van der Waals surface area contributed by atoms with Gasteiger partial charge in [-0.1, -0.05) is 18.5 Å². The molecular formula is C72H97ClN12O12Zn. The Labute approximate surface area is 595 Å². The van der Waals surface area contributed by atoms with Crippen molar-refractivity contribution >= 4 is 29.9 Å². The molecule has 6 aliphatic heterocycles. The second kappa shape index (κ2) is 34.8. The van der Waals surface area contributed by atoms with Gasteiger partial charge in [0.15, 0.2) is 16.7 Å². The van der Waals surface area contributed by atoms with Crippen molar-refractivity contribution in [2.24, 2.45) is 0 Å². The molecule has 6 fully saturated rings. The number of pyridine rings is 3. The first-order valence-corrected chi connectivity index (χ1v) is 34.0. The molecule has 0 aliphatic carbocycles. The van der Waals surface area contributed by atoms with Gasteiger partial charge in [0.25, 0.3) is 0 Å². The minimum absolute atomic E-state index is 0. The number of rotatable bonds is 13. The summed E-state index contributed by atoms with van der Waals surface area (Å²) in [7, 11) is 0. The van der Waals surface area contributed by atoms with Gasteiger partial charge in [-0.2, -0.15) is 13.8 Å². The number of hydrogen-bond acceptors (Lipinski definition) is 21. The van der Waals surface area contributed by atoms with Crippen LogP contribution in [0.2, 0.25) is 5.15 Å². The number of aromatic nitrogens is 9. The number of hydrogen-bond donors (Lipinski definition) is 0. The molecule has 98 heavy (non-hydrogen) atoms. The zero-order valence-electron chi connectivity index (χ0n) is 59.7. The van der Waals surface area contributed by atoms with Gasteiger partial charge in [-0.25, -0.2) is 49.3 Å². The Morgan fingerprint density at radius 1 is 0.459 bits per heavy atom. The molecular weight excluding hydrogens is 1330 g/mol. The Morgan fingerprint density at radius 2 is 0.776 bits per heavy atom. The smallest absolute Gasteiger partial charge is 0.474 e. The van der Waals surface area contributed by atoms with Crippen LogP contribution in [0.1, 0.15) is 183 Å². The van der Waals surface area contributed by atoms with Crippen molar-refractivity contribution in [2.45, 2.75) is 259 Å². The first-order valence-electron chi connectivity index (χ1n) is 33.6. The molecule has 0 spiro atoms. The summed E-state index contributed by atoms with van der Waals surface area (Å²) >= 11 is 6.09. The van der Waals surface area contributed by atoms with Crippen LogP contribution >= 0.6 is 11.6 Å². The molecule has 0 aromatic carbocycles. The van der Waals surface area contributed by atoms with Crippen LogP contribution in [0.3, 0.4) is 0 Å². The Balaban J connectivity index is 0.000000201. The van der Waals surface area contributed by atoms with E-state index in [9.17, 15) is 14.4 Å². The minimum Gasteiger partial charge on any atom is -0.474 e. The van der Waals surface area contributed by atoms with Crippen LogP contribution in [0.4, 0.5) is 14.4 Å². The molecule has 6 unspecified atom stereocenters. The van der Waals surface area contributed by atoms with E-state index in [4.69, 9.17) is 54.2 Å². The zero-order chi connectivity index (χ0) is 70.4. The molecule has 6 aromatic rings. The topological polar surface area (TPSA) is 260 Å². The maximum Gasteiger partial charge on any atom is 2.00 e. The Kier molecular flexibility index (Phi) is 27.6. The Bertz CT molecular complexity index is 3540. The van der Waals surface area contributed by atoms with Crippen molar-refractivity contribution in [3.8, 4) is 52.5 Å². The summed E-state index contributed by atoms with van der Waals surface area (Å²) in [4.78, 5) is 81.8. The van der Waals surface area contributed by atoms with E-state index in [0.29, 0.717) is 58.1 Å². The van der Waals surface area contributed by atoms with Crippen molar-refractivity contribution in [1.82, 2.24) is 59.6 Å². The summed E-state index contributed by atoms with van der Waals surface area (Å²) in [5, 5.41) is 0.258. The van der Waals surface area contributed by atoms with Crippen LogP contribution in [-0.4, -0.2) is 149 Å². The normalized spacial score (nSPS) is 21.8. The fourth-order valence-corrected chi connectivity index (χ4v) is 13.0. The number of carbonyl (C=O) groups is 3. The molecule has 526 valence electrons. The van der Waals surface area contributed by atoms with Crippen molar-refractivity contribution < 1.29 is 76.5 Å². The van der Waals surface area contributed by atoms with Gasteiger partial charge in [0.1, 0.15) is 59.8 Å². The number of ether oxygens (including phenoxy) is 9. The largest absolute Gasteiger partial charge is 2.00 e. The number of fused-ring (bicyclic) bond motifs is 6. The first-order chi connectivity index (χ1) is 46.3. The summed E-state index contributed by atoms with van der Waals surface area (Å²) < 4.78 is 53.3. The van der Waals surface area contributed by atoms with Gasteiger partial charge < -0.3 is 71.2 Å². The summed E-state index contributed by atoms with van der Waals surface area (Å²) in [6.45, 7) is 34.7. The molecule has 6 bridgehead atoms.